The summed E-state index contributed by atoms with van der Waals surface area (Å²) in [5.41, 5.74) is 6.62. The first kappa shape index (κ1) is 19.5. The van der Waals surface area contributed by atoms with E-state index in [9.17, 15) is 18.0 Å². The van der Waals surface area contributed by atoms with Gasteiger partial charge in [0.05, 0.1) is 0 Å². The van der Waals surface area contributed by atoms with Crippen molar-refractivity contribution in [2.24, 2.45) is 5.92 Å². The van der Waals surface area contributed by atoms with Crippen LogP contribution in [0.3, 0.4) is 0 Å². The molecule has 2 fully saturated rings. The van der Waals surface area contributed by atoms with E-state index >= 15 is 0 Å². The number of hydrogen-bond donors (Lipinski definition) is 2. The molecular formula is C19H25F3N4O2. The second-order valence-corrected chi connectivity index (χ2v) is 7.88. The van der Waals surface area contributed by atoms with Gasteiger partial charge in [0.1, 0.15) is 11.9 Å². The largest absolute Gasteiger partial charge is 0.490 e. The molecule has 3 heterocycles. The van der Waals surface area contributed by atoms with E-state index in [-0.39, 0.29) is 12.6 Å². The van der Waals surface area contributed by atoms with Crippen molar-refractivity contribution in [1.29, 1.82) is 0 Å². The molecule has 2 saturated heterocycles. The van der Waals surface area contributed by atoms with Crippen LogP contribution < -0.4 is 15.6 Å². The minimum Gasteiger partial charge on any atom is -0.490 e. The van der Waals surface area contributed by atoms with E-state index in [0.717, 1.165) is 42.8 Å². The fourth-order valence-electron chi connectivity index (χ4n) is 4.36. The van der Waals surface area contributed by atoms with Crippen molar-refractivity contribution >= 4 is 5.91 Å². The molecule has 1 aromatic carbocycles. The first-order valence-electron chi connectivity index (χ1n) is 9.62. The molecule has 1 aromatic rings. The van der Waals surface area contributed by atoms with Crippen LogP contribution >= 0.6 is 0 Å². The first-order valence-corrected chi connectivity index (χ1v) is 9.62. The highest BCUT2D eigenvalue weighted by Crippen LogP contribution is 2.38. The number of carbonyl (C=O) groups excluding carboxylic acids is 1. The van der Waals surface area contributed by atoms with Crippen molar-refractivity contribution in [3.63, 3.8) is 0 Å². The zero-order valence-corrected chi connectivity index (χ0v) is 15.8. The van der Waals surface area contributed by atoms with Gasteiger partial charge in [0.2, 0.25) is 5.91 Å². The van der Waals surface area contributed by atoms with Crippen LogP contribution in [0.1, 0.15) is 24.0 Å². The number of hydrazine groups is 1. The zero-order chi connectivity index (χ0) is 19.9. The van der Waals surface area contributed by atoms with Crippen LogP contribution in [0.5, 0.6) is 5.75 Å². The second kappa shape index (κ2) is 7.53. The Balaban J connectivity index is 1.51. The highest BCUT2D eigenvalue weighted by Gasteiger charge is 2.53. The monoisotopic (exact) mass is 398 g/mol. The average molecular weight is 398 g/mol. The van der Waals surface area contributed by atoms with Gasteiger partial charge in [-0.2, -0.15) is 13.2 Å². The van der Waals surface area contributed by atoms with E-state index in [1.165, 1.54) is 0 Å². The van der Waals surface area contributed by atoms with Crippen LogP contribution in [-0.4, -0.2) is 60.7 Å². The Kier molecular flexibility index (Phi) is 5.24. The van der Waals surface area contributed by atoms with Gasteiger partial charge >= 0.3 is 6.18 Å². The van der Waals surface area contributed by atoms with E-state index < -0.39 is 24.0 Å². The van der Waals surface area contributed by atoms with E-state index in [1.807, 2.05) is 18.2 Å². The van der Waals surface area contributed by atoms with Crippen molar-refractivity contribution in [2.75, 3.05) is 26.7 Å². The maximum Gasteiger partial charge on any atom is 0.402 e. The average Bonchev–Trinajstić information content (AvgIpc) is 3.07. The molecule has 2 atom stereocenters. The minimum atomic E-state index is -4.58. The van der Waals surface area contributed by atoms with Crippen LogP contribution in [0.2, 0.25) is 0 Å². The molecule has 2 unspecified atom stereocenters. The maximum absolute atomic E-state index is 13.5. The Labute approximate surface area is 162 Å². The van der Waals surface area contributed by atoms with E-state index in [1.54, 1.807) is 4.90 Å². The molecule has 0 radical (unpaired) electrons. The summed E-state index contributed by atoms with van der Waals surface area (Å²) in [5, 5.41) is 0. The summed E-state index contributed by atoms with van der Waals surface area (Å²) < 4.78 is 46.7. The second-order valence-electron chi connectivity index (χ2n) is 7.88. The van der Waals surface area contributed by atoms with Crippen LogP contribution in [0.25, 0.3) is 0 Å². The molecule has 4 rings (SSSR count). The molecule has 28 heavy (non-hydrogen) atoms. The summed E-state index contributed by atoms with van der Waals surface area (Å²) in [6, 6.07) is 4.76. The fourth-order valence-corrected chi connectivity index (χ4v) is 4.36. The van der Waals surface area contributed by atoms with Gasteiger partial charge in [-0.25, -0.2) is 5.43 Å². The number of carbonyl (C=O) groups is 1. The number of fused-ring (bicyclic) bond motifs is 1. The SMILES string of the molecule is CN1CCC(Oc2cccc3c2CN(C2CNNC(=O)C2C(F)(F)F)C3)CC1. The smallest absolute Gasteiger partial charge is 0.402 e. The molecule has 0 aliphatic carbocycles. The van der Waals surface area contributed by atoms with Crippen molar-refractivity contribution < 1.29 is 22.7 Å². The van der Waals surface area contributed by atoms with Crippen LogP contribution in [0.4, 0.5) is 13.2 Å². The lowest BCUT2D eigenvalue weighted by Gasteiger charge is -2.38. The predicted octanol–water partition coefficient (Wildman–Crippen LogP) is 1.66. The summed E-state index contributed by atoms with van der Waals surface area (Å²) in [6.07, 6.45) is -2.58. The molecule has 2 N–H and O–H groups in total. The number of benzene rings is 1. The van der Waals surface area contributed by atoms with E-state index in [4.69, 9.17) is 4.74 Å². The number of ether oxygens (including phenoxy) is 1. The first-order chi connectivity index (χ1) is 13.3. The molecule has 3 aliphatic rings. The van der Waals surface area contributed by atoms with E-state index in [0.29, 0.717) is 13.1 Å². The quantitative estimate of drug-likeness (QED) is 0.811. The number of nitrogens with one attached hydrogen (secondary N) is 2. The summed E-state index contributed by atoms with van der Waals surface area (Å²) >= 11 is 0. The third-order valence-electron chi connectivity index (χ3n) is 5.94. The molecule has 3 aliphatic heterocycles. The van der Waals surface area contributed by atoms with Gasteiger partial charge in [-0.05, 0) is 31.5 Å². The maximum atomic E-state index is 13.5. The molecule has 1 amide bonds. The van der Waals surface area contributed by atoms with Gasteiger partial charge in [0.25, 0.3) is 0 Å². The van der Waals surface area contributed by atoms with Crippen molar-refractivity contribution in [2.45, 2.75) is 44.3 Å². The Hall–Kier alpha value is -1.84. The standard InChI is InChI=1S/C19H25F3N4O2/c1-25-7-5-13(6-8-25)28-16-4-2-3-12-10-26(11-14(12)16)15-9-23-24-18(27)17(15)19(20,21)22/h2-4,13,15,17,23H,5-11H2,1H3,(H,24,27). The molecule has 9 heteroatoms. The third-order valence-corrected chi connectivity index (χ3v) is 5.94. The topological polar surface area (TPSA) is 56.8 Å². The summed E-state index contributed by atoms with van der Waals surface area (Å²) in [4.78, 5) is 15.9. The Morgan fingerprint density at radius 2 is 1.93 bits per heavy atom. The number of hydrogen-bond acceptors (Lipinski definition) is 5. The molecule has 154 valence electrons. The summed E-state index contributed by atoms with van der Waals surface area (Å²) in [5.74, 6) is -2.31. The predicted molar refractivity (Wildman–Crippen MR) is 96.3 cm³/mol. The number of amides is 1. The Morgan fingerprint density at radius 3 is 2.64 bits per heavy atom. The lowest BCUT2D eigenvalue weighted by atomic mass is 9.95. The molecule has 0 bridgehead atoms. The number of rotatable bonds is 3. The number of likely N-dealkylation sites (tertiary alicyclic amines) is 1. The van der Waals surface area contributed by atoms with Gasteiger partial charge in [-0.15, -0.1) is 0 Å². The van der Waals surface area contributed by atoms with Gasteiger partial charge in [-0.3, -0.25) is 15.1 Å². The summed E-state index contributed by atoms with van der Waals surface area (Å²) in [7, 11) is 2.08. The van der Waals surface area contributed by atoms with Gasteiger partial charge in [0, 0.05) is 44.3 Å². The summed E-state index contributed by atoms with van der Waals surface area (Å²) in [6.45, 7) is 2.73. The third kappa shape index (κ3) is 3.83. The zero-order valence-electron chi connectivity index (χ0n) is 15.8. The highest BCUT2D eigenvalue weighted by molar-refractivity contribution is 5.80. The molecule has 6 nitrogen and oxygen atoms in total. The molecule has 0 aromatic heterocycles. The molecule has 0 spiro atoms. The van der Waals surface area contributed by atoms with Crippen LogP contribution in [0.15, 0.2) is 18.2 Å². The fraction of sp³-hybridized carbons (Fsp3) is 0.632. The van der Waals surface area contributed by atoms with Gasteiger partial charge in [-0.1, -0.05) is 12.1 Å². The van der Waals surface area contributed by atoms with Crippen LogP contribution in [-0.2, 0) is 17.9 Å². The van der Waals surface area contributed by atoms with Gasteiger partial charge in [0.15, 0.2) is 5.92 Å². The number of nitrogens with zero attached hydrogens (tertiary/aromatic N) is 2. The Morgan fingerprint density at radius 1 is 1.18 bits per heavy atom. The van der Waals surface area contributed by atoms with Crippen LogP contribution in [0, 0.1) is 5.92 Å². The lowest BCUT2D eigenvalue weighted by molar-refractivity contribution is -0.201. The van der Waals surface area contributed by atoms with E-state index in [2.05, 4.69) is 22.8 Å². The molecular weight excluding hydrogens is 373 g/mol. The normalized spacial score (nSPS) is 27.5. The van der Waals surface area contributed by atoms with Crippen molar-refractivity contribution in [1.82, 2.24) is 20.7 Å². The Bertz CT molecular complexity index is 734. The van der Waals surface area contributed by atoms with Crippen molar-refractivity contribution in [3.8, 4) is 5.75 Å². The molecule has 0 saturated carbocycles. The van der Waals surface area contributed by atoms with Gasteiger partial charge < -0.3 is 9.64 Å². The van der Waals surface area contributed by atoms with Crippen molar-refractivity contribution in [3.05, 3.63) is 29.3 Å². The number of alkyl halides is 3. The highest BCUT2D eigenvalue weighted by atomic mass is 19.4. The number of halogens is 3. The number of piperidine rings is 1. The lowest BCUT2D eigenvalue weighted by Crippen LogP contribution is -2.63. The minimum absolute atomic E-state index is 0.0507.